The number of rotatable bonds is 7. The Morgan fingerprint density at radius 3 is 2.40 bits per heavy atom. The van der Waals surface area contributed by atoms with Crippen molar-refractivity contribution in [3.63, 3.8) is 0 Å². The maximum Gasteiger partial charge on any atom is 0.276 e. The lowest BCUT2D eigenvalue weighted by Crippen LogP contribution is -2.43. The van der Waals surface area contributed by atoms with Gasteiger partial charge in [0, 0.05) is 12.7 Å². The summed E-state index contributed by atoms with van der Waals surface area (Å²) in [5.74, 6) is -0.165. The van der Waals surface area contributed by atoms with Crippen molar-refractivity contribution in [3.8, 4) is 5.75 Å². The summed E-state index contributed by atoms with van der Waals surface area (Å²) in [6.45, 7) is 2.32. The molecule has 2 aromatic carbocycles. The first-order chi connectivity index (χ1) is 12.1. The molecule has 0 bridgehead atoms. The largest absolute Gasteiger partial charge is 0.483 e. The van der Waals surface area contributed by atoms with Crippen molar-refractivity contribution in [1.82, 2.24) is 10.9 Å². The molecule has 2 N–H and O–H groups in total. The lowest BCUT2D eigenvalue weighted by Gasteiger charge is -2.11. The predicted octanol–water partition coefficient (Wildman–Crippen LogP) is 2.24. The molecule has 132 valence electrons. The lowest BCUT2D eigenvalue weighted by atomic mass is 10.1. The molecule has 0 heterocycles. The van der Waals surface area contributed by atoms with E-state index in [1.165, 1.54) is 0 Å². The van der Waals surface area contributed by atoms with Gasteiger partial charge in [-0.3, -0.25) is 20.4 Å². The van der Waals surface area contributed by atoms with Gasteiger partial charge in [-0.05, 0) is 35.7 Å². The summed E-state index contributed by atoms with van der Waals surface area (Å²) in [6, 6.07) is 14.5. The molecule has 6 heteroatoms. The highest BCUT2D eigenvalue weighted by atomic mass is 16.5. The Bertz CT molecular complexity index is 714. The van der Waals surface area contributed by atoms with Crippen LogP contribution in [0.25, 0.3) is 0 Å². The topological polar surface area (TPSA) is 76.7 Å². The van der Waals surface area contributed by atoms with E-state index < -0.39 is 11.8 Å². The number of aryl methyl sites for hydroxylation is 1. The van der Waals surface area contributed by atoms with E-state index >= 15 is 0 Å². The van der Waals surface area contributed by atoms with Crippen molar-refractivity contribution >= 4 is 11.8 Å². The number of carbonyl (C=O) groups is 2. The summed E-state index contributed by atoms with van der Waals surface area (Å²) in [7, 11) is 1.61. The minimum absolute atomic E-state index is 0.177. The summed E-state index contributed by atoms with van der Waals surface area (Å²) in [5.41, 5.74) is 7.14. The van der Waals surface area contributed by atoms with Crippen molar-refractivity contribution in [2.75, 3.05) is 13.7 Å². The minimum atomic E-state index is -0.435. The van der Waals surface area contributed by atoms with Crippen molar-refractivity contribution in [3.05, 3.63) is 65.2 Å². The number of hydrogen-bond acceptors (Lipinski definition) is 4. The Morgan fingerprint density at radius 2 is 1.72 bits per heavy atom. The van der Waals surface area contributed by atoms with Gasteiger partial charge in [-0.1, -0.05) is 37.3 Å². The number of hydrazine groups is 1. The van der Waals surface area contributed by atoms with Gasteiger partial charge in [-0.15, -0.1) is 0 Å². The number of benzene rings is 2. The van der Waals surface area contributed by atoms with Crippen molar-refractivity contribution in [2.45, 2.75) is 20.0 Å². The van der Waals surface area contributed by atoms with Gasteiger partial charge in [-0.2, -0.15) is 0 Å². The maximum absolute atomic E-state index is 12.0. The van der Waals surface area contributed by atoms with Gasteiger partial charge in [-0.25, -0.2) is 0 Å². The summed E-state index contributed by atoms with van der Waals surface area (Å²) in [5, 5.41) is 0. The standard InChI is InChI=1S/C19H22N2O4/c1-3-15-6-4-5-7-17(15)25-13-18(22)20-21-19(23)16-10-8-14(9-11-16)12-24-2/h4-11H,3,12-13H2,1-2H3,(H,20,22)(H,21,23). The zero-order chi connectivity index (χ0) is 18.1. The SMILES string of the molecule is CCc1ccccc1OCC(=O)NNC(=O)c1ccc(COC)cc1. The molecule has 0 saturated heterocycles. The van der Waals surface area contributed by atoms with Crippen LogP contribution >= 0.6 is 0 Å². The van der Waals surface area contributed by atoms with Gasteiger partial charge in [0.25, 0.3) is 11.8 Å². The second-order valence-electron chi connectivity index (χ2n) is 5.38. The Labute approximate surface area is 147 Å². The van der Waals surface area contributed by atoms with Crippen LogP contribution in [0.1, 0.15) is 28.4 Å². The Kier molecular flexibility index (Phi) is 6.98. The third kappa shape index (κ3) is 5.61. The summed E-state index contributed by atoms with van der Waals surface area (Å²) in [6.07, 6.45) is 0.813. The molecule has 0 radical (unpaired) electrons. The van der Waals surface area contributed by atoms with Gasteiger partial charge in [0.05, 0.1) is 6.61 Å². The van der Waals surface area contributed by atoms with Gasteiger partial charge in [0.2, 0.25) is 0 Å². The zero-order valence-corrected chi connectivity index (χ0v) is 14.4. The fraction of sp³-hybridized carbons (Fsp3) is 0.263. The molecule has 0 atom stereocenters. The molecular formula is C19H22N2O4. The number of methoxy groups -OCH3 is 1. The molecule has 2 amide bonds. The highest BCUT2D eigenvalue weighted by Crippen LogP contribution is 2.17. The fourth-order valence-corrected chi connectivity index (χ4v) is 2.23. The average Bonchev–Trinajstić information content (AvgIpc) is 2.65. The first kappa shape index (κ1) is 18.5. The predicted molar refractivity (Wildman–Crippen MR) is 94.1 cm³/mol. The van der Waals surface area contributed by atoms with E-state index in [0.717, 1.165) is 17.5 Å². The number of ether oxygens (including phenoxy) is 2. The van der Waals surface area contributed by atoms with Crippen molar-refractivity contribution < 1.29 is 19.1 Å². The van der Waals surface area contributed by atoms with Crippen LogP contribution in [0.2, 0.25) is 0 Å². The summed E-state index contributed by atoms with van der Waals surface area (Å²) < 4.78 is 10.5. The molecule has 0 unspecified atom stereocenters. The maximum atomic E-state index is 12.0. The molecule has 25 heavy (non-hydrogen) atoms. The van der Waals surface area contributed by atoms with Gasteiger partial charge in [0.1, 0.15) is 5.75 Å². The molecular weight excluding hydrogens is 320 g/mol. The molecule has 0 spiro atoms. The van der Waals surface area contributed by atoms with Crippen LogP contribution in [0.3, 0.4) is 0 Å². The molecule has 2 rings (SSSR count). The summed E-state index contributed by atoms with van der Waals surface area (Å²) in [4.78, 5) is 23.8. The molecule has 0 fully saturated rings. The van der Waals surface area contributed by atoms with Crippen molar-refractivity contribution in [2.24, 2.45) is 0 Å². The lowest BCUT2D eigenvalue weighted by molar-refractivity contribution is -0.123. The average molecular weight is 342 g/mol. The molecule has 0 aromatic heterocycles. The Balaban J connectivity index is 1.80. The molecule has 6 nitrogen and oxygen atoms in total. The Hall–Kier alpha value is -2.86. The van der Waals surface area contributed by atoms with E-state index in [0.29, 0.717) is 17.9 Å². The van der Waals surface area contributed by atoms with Crippen LogP contribution in [0, 0.1) is 0 Å². The van der Waals surface area contributed by atoms with Crippen LogP contribution in [-0.4, -0.2) is 25.5 Å². The highest BCUT2D eigenvalue weighted by molar-refractivity contribution is 5.95. The molecule has 0 aliphatic heterocycles. The first-order valence-electron chi connectivity index (χ1n) is 8.01. The van der Waals surface area contributed by atoms with E-state index in [1.807, 2.05) is 31.2 Å². The number of nitrogens with one attached hydrogen (secondary N) is 2. The van der Waals surface area contributed by atoms with E-state index in [1.54, 1.807) is 31.4 Å². The fourth-order valence-electron chi connectivity index (χ4n) is 2.23. The molecule has 0 saturated carbocycles. The van der Waals surface area contributed by atoms with E-state index in [2.05, 4.69) is 10.9 Å². The third-order valence-electron chi connectivity index (χ3n) is 3.55. The van der Waals surface area contributed by atoms with Crippen LogP contribution in [0.15, 0.2) is 48.5 Å². The third-order valence-corrected chi connectivity index (χ3v) is 3.55. The number of hydrogen-bond donors (Lipinski definition) is 2. The van der Waals surface area contributed by atoms with E-state index in [4.69, 9.17) is 9.47 Å². The van der Waals surface area contributed by atoms with Gasteiger partial charge < -0.3 is 9.47 Å². The normalized spacial score (nSPS) is 10.2. The second kappa shape index (κ2) is 9.44. The quantitative estimate of drug-likeness (QED) is 0.757. The van der Waals surface area contributed by atoms with Crippen LogP contribution in [-0.2, 0) is 22.6 Å². The molecule has 2 aromatic rings. The Morgan fingerprint density at radius 1 is 1.00 bits per heavy atom. The number of para-hydroxylation sites is 1. The van der Waals surface area contributed by atoms with Crippen molar-refractivity contribution in [1.29, 1.82) is 0 Å². The summed E-state index contributed by atoms with van der Waals surface area (Å²) >= 11 is 0. The van der Waals surface area contributed by atoms with E-state index in [9.17, 15) is 9.59 Å². The van der Waals surface area contributed by atoms with E-state index in [-0.39, 0.29) is 6.61 Å². The highest BCUT2D eigenvalue weighted by Gasteiger charge is 2.09. The van der Waals surface area contributed by atoms with Crippen LogP contribution < -0.4 is 15.6 Å². The van der Waals surface area contributed by atoms with Gasteiger partial charge >= 0.3 is 0 Å². The van der Waals surface area contributed by atoms with Gasteiger partial charge in [0.15, 0.2) is 6.61 Å². The molecule has 0 aliphatic rings. The van der Waals surface area contributed by atoms with Crippen LogP contribution in [0.5, 0.6) is 5.75 Å². The monoisotopic (exact) mass is 342 g/mol. The molecule has 0 aliphatic carbocycles. The smallest absolute Gasteiger partial charge is 0.276 e. The second-order valence-corrected chi connectivity index (χ2v) is 5.38. The number of carbonyl (C=O) groups excluding carboxylic acids is 2. The number of amides is 2. The minimum Gasteiger partial charge on any atom is -0.483 e. The first-order valence-corrected chi connectivity index (χ1v) is 8.01. The van der Waals surface area contributed by atoms with Crippen LogP contribution in [0.4, 0.5) is 0 Å². The zero-order valence-electron chi connectivity index (χ0n) is 14.4.